The van der Waals surface area contributed by atoms with Crippen LogP contribution >= 0.6 is 0 Å². The summed E-state index contributed by atoms with van der Waals surface area (Å²) in [5.41, 5.74) is 2.21. The number of hydrogen-bond acceptors (Lipinski definition) is 6. The van der Waals surface area contributed by atoms with Gasteiger partial charge in [-0.1, -0.05) is 64.1 Å². The third-order valence-electron chi connectivity index (χ3n) is 7.52. The summed E-state index contributed by atoms with van der Waals surface area (Å²) in [7, 11) is -3.56. The molecule has 0 spiro atoms. The van der Waals surface area contributed by atoms with Crippen LogP contribution in [-0.2, 0) is 20.2 Å². The number of nitrogens with zero attached hydrogens (tertiary/aromatic N) is 1. The predicted octanol–water partition coefficient (Wildman–Crippen LogP) is 6.34. The summed E-state index contributed by atoms with van der Waals surface area (Å²) in [4.78, 5) is 27.1. The van der Waals surface area contributed by atoms with Crippen LogP contribution in [-0.4, -0.2) is 37.8 Å². The van der Waals surface area contributed by atoms with Crippen molar-refractivity contribution in [3.8, 4) is 17.1 Å². The third-order valence-corrected chi connectivity index (χ3v) is 9.43. The second-order valence-corrected chi connectivity index (χ2v) is 13.5. The SMILES string of the molecule is CCC(Oc1c(-c2ccc(C(C)(C)C)cc2)oc2ccccc2c1=O)C(=O)Nc1ccc(S(=O)(=O)N2CCCC2)cc1. The second-order valence-electron chi connectivity index (χ2n) is 11.6. The molecule has 5 rings (SSSR count). The smallest absolute Gasteiger partial charge is 0.265 e. The lowest BCUT2D eigenvalue weighted by Crippen LogP contribution is -2.34. The van der Waals surface area contributed by atoms with Gasteiger partial charge in [0.25, 0.3) is 5.91 Å². The molecule has 1 aliphatic rings. The summed E-state index contributed by atoms with van der Waals surface area (Å²) >= 11 is 0. The molecule has 0 aliphatic carbocycles. The van der Waals surface area contributed by atoms with Crippen LogP contribution in [0.5, 0.6) is 5.75 Å². The quantitative estimate of drug-likeness (QED) is 0.258. The Morgan fingerprint density at radius 2 is 1.62 bits per heavy atom. The fraction of sp³-hybridized carbons (Fsp3) is 0.333. The zero-order valence-electron chi connectivity index (χ0n) is 24.3. The average Bonchev–Trinajstić information content (AvgIpc) is 3.53. The number of para-hydroxylation sites is 1. The molecule has 220 valence electrons. The summed E-state index contributed by atoms with van der Waals surface area (Å²) in [5, 5.41) is 3.15. The zero-order valence-corrected chi connectivity index (χ0v) is 25.2. The number of carbonyl (C=O) groups is 1. The largest absolute Gasteiger partial charge is 0.473 e. The van der Waals surface area contributed by atoms with E-state index < -0.39 is 22.0 Å². The van der Waals surface area contributed by atoms with Crippen molar-refractivity contribution < 1.29 is 22.4 Å². The van der Waals surface area contributed by atoms with Gasteiger partial charge in [-0.15, -0.1) is 0 Å². The Hall–Kier alpha value is -3.95. The van der Waals surface area contributed by atoms with Crippen LogP contribution in [0.3, 0.4) is 0 Å². The van der Waals surface area contributed by atoms with Crippen LogP contribution in [0.15, 0.2) is 86.9 Å². The number of ether oxygens (including phenoxy) is 1. The molecule has 2 heterocycles. The third kappa shape index (κ3) is 5.98. The van der Waals surface area contributed by atoms with Crippen molar-refractivity contribution in [3.05, 3.63) is 88.6 Å². The van der Waals surface area contributed by atoms with E-state index in [1.165, 1.54) is 16.4 Å². The second kappa shape index (κ2) is 11.7. The Morgan fingerprint density at radius 3 is 2.24 bits per heavy atom. The number of nitrogens with one attached hydrogen (secondary N) is 1. The molecule has 1 aliphatic heterocycles. The number of amides is 1. The zero-order chi connectivity index (χ0) is 30.1. The van der Waals surface area contributed by atoms with E-state index in [9.17, 15) is 18.0 Å². The summed E-state index contributed by atoms with van der Waals surface area (Å²) in [6.45, 7) is 9.19. The Bertz CT molecular complexity index is 1750. The van der Waals surface area contributed by atoms with Gasteiger partial charge in [0.1, 0.15) is 5.58 Å². The minimum absolute atomic E-state index is 0.0359. The van der Waals surface area contributed by atoms with Gasteiger partial charge in [-0.3, -0.25) is 9.59 Å². The number of sulfonamides is 1. The van der Waals surface area contributed by atoms with Gasteiger partial charge in [0.15, 0.2) is 11.9 Å². The first kappa shape index (κ1) is 29.5. The highest BCUT2D eigenvalue weighted by atomic mass is 32.2. The number of fused-ring (bicyclic) bond motifs is 1. The topological polar surface area (TPSA) is 106 Å². The van der Waals surface area contributed by atoms with Gasteiger partial charge in [-0.25, -0.2) is 8.42 Å². The maximum atomic E-state index is 13.6. The van der Waals surface area contributed by atoms with E-state index in [1.54, 1.807) is 43.3 Å². The van der Waals surface area contributed by atoms with Crippen LogP contribution < -0.4 is 15.5 Å². The first-order chi connectivity index (χ1) is 20.0. The number of anilines is 1. The van der Waals surface area contributed by atoms with Crippen LogP contribution in [0.2, 0.25) is 0 Å². The first-order valence-electron chi connectivity index (χ1n) is 14.2. The summed E-state index contributed by atoms with van der Waals surface area (Å²) in [6, 6.07) is 20.8. The first-order valence-corrected chi connectivity index (χ1v) is 15.7. The fourth-order valence-corrected chi connectivity index (χ4v) is 6.54. The van der Waals surface area contributed by atoms with E-state index in [0.29, 0.717) is 35.3 Å². The van der Waals surface area contributed by atoms with Crippen LogP contribution in [0.25, 0.3) is 22.3 Å². The molecular formula is C33H36N2O6S. The maximum absolute atomic E-state index is 13.6. The molecule has 42 heavy (non-hydrogen) atoms. The molecule has 0 saturated carbocycles. The molecule has 1 atom stereocenters. The van der Waals surface area contributed by atoms with Crippen molar-refractivity contribution in [2.75, 3.05) is 18.4 Å². The van der Waals surface area contributed by atoms with Crippen LogP contribution in [0.4, 0.5) is 5.69 Å². The molecule has 1 fully saturated rings. The molecule has 1 aromatic heterocycles. The Morgan fingerprint density at radius 1 is 0.976 bits per heavy atom. The van der Waals surface area contributed by atoms with Crippen molar-refractivity contribution >= 4 is 32.6 Å². The van der Waals surface area contributed by atoms with E-state index in [2.05, 4.69) is 26.1 Å². The standard InChI is InChI=1S/C33H36N2O6S/c1-5-27(32(37)34-24-16-18-25(19-17-24)42(38,39)35-20-8-9-21-35)40-31-29(36)26-10-6-7-11-28(26)41-30(31)22-12-14-23(15-13-22)33(2,3)4/h6-7,10-19,27H,5,8-9,20-21H2,1-4H3,(H,34,37). The van der Waals surface area contributed by atoms with Crippen LogP contribution in [0.1, 0.15) is 52.5 Å². The highest BCUT2D eigenvalue weighted by Crippen LogP contribution is 2.33. The van der Waals surface area contributed by atoms with Crippen LogP contribution in [0, 0.1) is 0 Å². The molecule has 1 N–H and O–H groups in total. The van der Waals surface area contributed by atoms with Gasteiger partial charge in [0, 0.05) is 24.3 Å². The highest BCUT2D eigenvalue weighted by molar-refractivity contribution is 7.89. The molecule has 4 aromatic rings. The van der Waals surface area contributed by atoms with Gasteiger partial charge in [-0.05, 0) is 66.6 Å². The van der Waals surface area contributed by atoms with Gasteiger partial charge < -0.3 is 14.5 Å². The van der Waals surface area contributed by atoms with Crippen molar-refractivity contribution in [3.63, 3.8) is 0 Å². The van der Waals surface area contributed by atoms with Crippen molar-refractivity contribution in [1.29, 1.82) is 0 Å². The normalized spacial score (nSPS) is 15.0. The molecule has 0 bridgehead atoms. The van der Waals surface area contributed by atoms with E-state index in [1.807, 2.05) is 24.3 Å². The molecule has 8 nitrogen and oxygen atoms in total. The molecule has 1 unspecified atom stereocenters. The number of benzene rings is 3. The lowest BCUT2D eigenvalue weighted by atomic mass is 9.86. The van der Waals surface area contributed by atoms with Crippen molar-refractivity contribution in [1.82, 2.24) is 4.31 Å². The van der Waals surface area contributed by atoms with E-state index in [-0.39, 0.29) is 33.7 Å². The van der Waals surface area contributed by atoms with E-state index in [0.717, 1.165) is 18.4 Å². The molecule has 0 radical (unpaired) electrons. The Kier molecular flexibility index (Phi) is 8.25. The minimum atomic E-state index is -3.56. The average molecular weight is 589 g/mol. The molecule has 1 saturated heterocycles. The van der Waals surface area contributed by atoms with Gasteiger partial charge in [0.2, 0.25) is 21.2 Å². The number of rotatable bonds is 8. The Labute approximate surface area is 246 Å². The molecule has 3 aromatic carbocycles. The maximum Gasteiger partial charge on any atom is 0.265 e. The monoisotopic (exact) mass is 588 g/mol. The van der Waals surface area contributed by atoms with Crippen molar-refractivity contribution in [2.45, 2.75) is 63.4 Å². The van der Waals surface area contributed by atoms with Gasteiger partial charge >= 0.3 is 0 Å². The molecule has 9 heteroatoms. The lowest BCUT2D eigenvalue weighted by molar-refractivity contribution is -0.122. The summed E-state index contributed by atoms with van der Waals surface area (Å²) in [5.74, 6) is -0.248. The minimum Gasteiger partial charge on any atom is -0.473 e. The fourth-order valence-electron chi connectivity index (χ4n) is 5.02. The number of carbonyl (C=O) groups excluding carboxylic acids is 1. The lowest BCUT2D eigenvalue weighted by Gasteiger charge is -2.21. The Balaban J connectivity index is 1.42. The highest BCUT2D eigenvalue weighted by Gasteiger charge is 2.28. The molecule has 1 amide bonds. The van der Waals surface area contributed by atoms with E-state index in [4.69, 9.17) is 9.15 Å². The molecular weight excluding hydrogens is 552 g/mol. The van der Waals surface area contributed by atoms with E-state index >= 15 is 0 Å². The van der Waals surface area contributed by atoms with Gasteiger partial charge in [-0.2, -0.15) is 4.31 Å². The van der Waals surface area contributed by atoms with Crippen molar-refractivity contribution in [2.24, 2.45) is 0 Å². The predicted molar refractivity (Wildman–Crippen MR) is 164 cm³/mol. The van der Waals surface area contributed by atoms with Gasteiger partial charge in [0.05, 0.1) is 10.3 Å². The number of hydrogen-bond donors (Lipinski definition) is 1. The summed E-state index contributed by atoms with van der Waals surface area (Å²) in [6.07, 6.45) is 0.980. The summed E-state index contributed by atoms with van der Waals surface area (Å²) < 4.78 is 39.5.